The molecule has 2 fully saturated rings. The lowest BCUT2D eigenvalue weighted by Gasteiger charge is -2.43. The number of hydrogen-bond acceptors (Lipinski definition) is 19. The Balaban J connectivity index is 0.000000304. The Labute approximate surface area is 442 Å². The number of ether oxygens (including phenoxy) is 4. The first-order chi connectivity index (χ1) is 35.8. The average molecular weight is 1080 g/mol. The van der Waals surface area contributed by atoms with Crippen LogP contribution in [0.3, 0.4) is 0 Å². The molecule has 9 N–H and O–H groups in total. The second kappa shape index (κ2) is 32.3. The van der Waals surface area contributed by atoms with E-state index < -0.39 is 46.6 Å². The van der Waals surface area contributed by atoms with E-state index in [-0.39, 0.29) is 128 Å². The summed E-state index contributed by atoms with van der Waals surface area (Å²) in [6.07, 6.45) is 3.31. The fraction of sp³-hybridized carbons (Fsp3) is 0.580. The molecule has 0 aromatic heterocycles. The summed E-state index contributed by atoms with van der Waals surface area (Å²) in [5, 5.41) is 41.2. The number of nitrogens with one attached hydrogen (secondary N) is 6. The highest BCUT2D eigenvalue weighted by atomic mass is 32.1. The summed E-state index contributed by atoms with van der Waals surface area (Å²) < 4.78 is 21.3. The molecule has 2 aromatic carbocycles. The van der Waals surface area contributed by atoms with Gasteiger partial charge in [-0.1, -0.05) is 32.4 Å². The minimum absolute atomic E-state index is 0.00802. The van der Waals surface area contributed by atoms with Gasteiger partial charge < -0.3 is 65.2 Å². The van der Waals surface area contributed by atoms with Crippen molar-refractivity contribution in [3.05, 3.63) is 51.6 Å². The molecule has 4 aliphatic rings. The zero-order valence-electron chi connectivity index (χ0n) is 43.7. The molecule has 0 saturated carbocycles. The van der Waals surface area contributed by atoms with E-state index >= 15 is 0 Å². The molecule has 6 rings (SSSR count). The molecule has 24 nitrogen and oxygen atoms in total. The first kappa shape index (κ1) is 63.1. The van der Waals surface area contributed by atoms with Crippen LogP contribution in [-0.4, -0.2) is 196 Å². The summed E-state index contributed by atoms with van der Waals surface area (Å²) in [6, 6.07) is 4.77. The van der Waals surface area contributed by atoms with Gasteiger partial charge in [0.25, 0.3) is 5.91 Å². The Kier molecular flexibility index (Phi) is 27.1. The number of carbonyl (C=O) groups is 9. The van der Waals surface area contributed by atoms with Gasteiger partial charge >= 0.3 is 0 Å². The molecule has 0 radical (unpaired) electrons. The quantitative estimate of drug-likeness (QED) is 0.0233. The van der Waals surface area contributed by atoms with Crippen LogP contribution >= 0.6 is 12.6 Å². The number of ketones is 2. The lowest BCUT2D eigenvalue weighted by atomic mass is 9.75. The maximum absolute atomic E-state index is 13.2. The number of hydrogen-bond donors (Lipinski definition) is 10. The van der Waals surface area contributed by atoms with Crippen molar-refractivity contribution in [3.8, 4) is 17.2 Å². The highest BCUT2D eigenvalue weighted by Crippen LogP contribution is 2.47. The van der Waals surface area contributed by atoms with E-state index in [4.69, 9.17) is 18.9 Å². The van der Waals surface area contributed by atoms with Gasteiger partial charge in [-0.15, -0.1) is 0 Å². The number of rotatable bonds is 19. The number of carbonyl (C=O) groups excluding carboxylic acids is 9. The van der Waals surface area contributed by atoms with Gasteiger partial charge in [-0.2, -0.15) is 12.6 Å². The van der Waals surface area contributed by atoms with E-state index in [1.165, 1.54) is 38.6 Å². The van der Waals surface area contributed by atoms with Crippen molar-refractivity contribution in [2.45, 2.75) is 95.5 Å². The van der Waals surface area contributed by atoms with Gasteiger partial charge in [0, 0.05) is 102 Å². The minimum atomic E-state index is -0.669. The predicted octanol–water partition coefficient (Wildman–Crippen LogP) is -0.700. The fourth-order valence-electron chi connectivity index (χ4n) is 8.40. The molecular formula is C50H74N8O16S. The summed E-state index contributed by atoms with van der Waals surface area (Å²) in [7, 11) is 6.05. The van der Waals surface area contributed by atoms with E-state index in [0.717, 1.165) is 26.1 Å². The van der Waals surface area contributed by atoms with Crippen LogP contribution in [0.15, 0.2) is 18.2 Å². The molecule has 0 bridgehead atoms. The molecule has 2 aromatic rings. The first-order valence-electron chi connectivity index (χ1n) is 24.7. The molecule has 0 spiro atoms. The first-order valence-corrected chi connectivity index (χ1v) is 25.2. The van der Waals surface area contributed by atoms with Crippen molar-refractivity contribution in [1.82, 2.24) is 41.9 Å². The number of methoxy groups -OCH3 is 2. The molecule has 25 heteroatoms. The van der Waals surface area contributed by atoms with Crippen LogP contribution in [-0.2, 0) is 60.6 Å². The molecule has 5 unspecified atom stereocenters. The number of phenols is 2. The average Bonchev–Trinajstić information content (AvgIpc) is 3.41. The van der Waals surface area contributed by atoms with Gasteiger partial charge in [-0.25, -0.2) is 5.43 Å². The second-order valence-electron chi connectivity index (χ2n) is 17.7. The maximum Gasteiger partial charge on any atom is 0.253 e. The van der Waals surface area contributed by atoms with Gasteiger partial charge in [0.05, 0.1) is 61.0 Å². The zero-order valence-corrected chi connectivity index (χ0v) is 44.5. The third-order valence-corrected chi connectivity index (χ3v) is 12.6. The molecule has 2 aliphatic heterocycles. The Bertz CT molecular complexity index is 2310. The molecule has 2 aliphatic carbocycles. The largest absolute Gasteiger partial charge is 0.507 e. The number of fused-ring (bicyclic) bond motifs is 3. The number of hydrazine groups is 1. The zero-order chi connectivity index (χ0) is 55.8. The topological polar surface area (TPSA) is 330 Å². The fourth-order valence-corrected chi connectivity index (χ4v) is 8.55. The Morgan fingerprint density at radius 1 is 0.907 bits per heavy atom. The predicted molar refractivity (Wildman–Crippen MR) is 275 cm³/mol. The third-order valence-electron chi connectivity index (χ3n) is 12.3. The van der Waals surface area contributed by atoms with Crippen LogP contribution in [0, 0.1) is 5.92 Å². The Morgan fingerprint density at radius 3 is 2.23 bits per heavy atom. The number of nitrogens with zero attached hydrogens (tertiary/aromatic N) is 2. The molecule has 416 valence electrons. The van der Waals surface area contributed by atoms with Crippen LogP contribution in [0.1, 0.15) is 95.8 Å². The number of aldehydes is 1. The molecule has 6 amide bonds. The lowest BCUT2D eigenvalue weighted by molar-refractivity contribution is -0.190. The highest BCUT2D eigenvalue weighted by molar-refractivity contribution is 7.81. The number of thiol groups is 1. The maximum atomic E-state index is 13.2. The highest BCUT2D eigenvalue weighted by Gasteiger charge is 2.41. The Morgan fingerprint density at radius 2 is 1.57 bits per heavy atom. The van der Waals surface area contributed by atoms with E-state index in [9.17, 15) is 58.5 Å². The molecule has 2 heterocycles. The van der Waals surface area contributed by atoms with Crippen molar-refractivity contribution < 1.29 is 77.4 Å². The molecular weight excluding hydrogens is 1000 g/mol. The van der Waals surface area contributed by atoms with Crippen molar-refractivity contribution in [2.75, 3.05) is 87.3 Å². The molecule has 2 saturated heterocycles. The number of aliphatic hydroxyl groups is 1. The van der Waals surface area contributed by atoms with Crippen LogP contribution in [0.25, 0.3) is 0 Å². The van der Waals surface area contributed by atoms with Crippen molar-refractivity contribution in [1.29, 1.82) is 0 Å². The number of amides is 6. The van der Waals surface area contributed by atoms with Gasteiger partial charge in [-0.05, 0) is 38.7 Å². The summed E-state index contributed by atoms with van der Waals surface area (Å²) in [6.45, 7) is 9.35. The van der Waals surface area contributed by atoms with Crippen LogP contribution < -0.4 is 36.9 Å². The van der Waals surface area contributed by atoms with E-state index in [0.29, 0.717) is 36.9 Å². The summed E-state index contributed by atoms with van der Waals surface area (Å²) in [5.41, 5.74) is 5.02. The summed E-state index contributed by atoms with van der Waals surface area (Å²) >= 11 is 3.90. The molecule has 6 atom stereocenters. The number of benzene rings is 2. The van der Waals surface area contributed by atoms with E-state index in [1.54, 1.807) is 19.2 Å². The SMILES string of the molecule is CCC.CNNC(=O)CNC(=O)CNC(=O)CCN(C)C(=O)CC(S)C=O.COC1CN(C2CCOC(C)C2O)CCO1.COc1cccc2c1C(=O)c1c(O)c3c(c(O)c1C2=O)C[C@@H](C(=O)NCCNC=O)CC3. The van der Waals surface area contributed by atoms with Crippen molar-refractivity contribution >= 4 is 66.4 Å². The smallest absolute Gasteiger partial charge is 0.253 e. The number of aromatic hydroxyl groups is 2. The summed E-state index contributed by atoms with van der Waals surface area (Å²) in [4.78, 5) is 109. The Hall–Kier alpha value is -6.22. The second-order valence-corrected chi connectivity index (χ2v) is 18.4. The van der Waals surface area contributed by atoms with Gasteiger partial charge in [0.15, 0.2) is 12.1 Å². The van der Waals surface area contributed by atoms with Crippen LogP contribution in [0.5, 0.6) is 17.2 Å². The number of aliphatic hydroxyl groups excluding tert-OH is 1. The van der Waals surface area contributed by atoms with Crippen LogP contribution in [0.2, 0.25) is 0 Å². The van der Waals surface area contributed by atoms with E-state index in [1.807, 2.05) is 6.92 Å². The van der Waals surface area contributed by atoms with Crippen molar-refractivity contribution in [3.63, 3.8) is 0 Å². The van der Waals surface area contributed by atoms with Crippen LogP contribution in [0.4, 0.5) is 0 Å². The lowest BCUT2D eigenvalue weighted by Crippen LogP contribution is -2.57. The van der Waals surface area contributed by atoms with E-state index in [2.05, 4.69) is 63.5 Å². The normalized spacial score (nSPS) is 19.8. The van der Waals surface area contributed by atoms with Gasteiger partial charge in [-0.3, -0.25) is 48.7 Å². The van der Waals surface area contributed by atoms with Gasteiger partial charge in [0.1, 0.15) is 23.5 Å². The number of morpholine rings is 1. The third kappa shape index (κ3) is 18.2. The number of phenolic OH excluding ortho intramolecular Hbond substituents is 2. The minimum Gasteiger partial charge on any atom is -0.507 e. The molecule has 75 heavy (non-hydrogen) atoms. The van der Waals surface area contributed by atoms with Crippen molar-refractivity contribution in [2.24, 2.45) is 5.92 Å². The monoisotopic (exact) mass is 1070 g/mol. The van der Waals surface area contributed by atoms with Gasteiger partial charge in [0.2, 0.25) is 35.8 Å². The summed E-state index contributed by atoms with van der Waals surface area (Å²) in [5.74, 6) is -4.06. The standard InChI is InChI=1S/C23H22N2O7.C13H23N5O5S.C11H21NO4.C3H8/c1-32-15-4-2-3-13-16(15)22(30)18-17(20(13)28)21(29)14-9-11(5-6-12(14)19(18)27)23(31)25-8-7-24-10-26;1-14-17-12(22)7-16-11(21)6-15-10(20)3-4-18(2)13(23)5-9(24)8-19;1-8-11(13)9(3-5-15-8)12-4-6-16-10(7-12)14-2;1-3-2/h2-4,10-11,27,29H,5-9H2,1H3,(H,24,26)(H,25,31);8-9,14,24H,3-7H2,1-2H3,(H,15,20)(H,16,21)(H,17,22);8-11,13H,3-7H2,1-2H3;3H2,1-2H3/t11-;;;/m0.../s1.